The van der Waals surface area contributed by atoms with Gasteiger partial charge in [-0.1, -0.05) is 18.5 Å². The third-order valence-corrected chi connectivity index (χ3v) is 7.69. The molecule has 8 heteroatoms. The Kier molecular flexibility index (Phi) is 4.36. The Labute approximate surface area is 154 Å². The van der Waals surface area contributed by atoms with Crippen LogP contribution in [0.25, 0.3) is 0 Å². The highest BCUT2D eigenvalue weighted by atomic mass is 35.5. The molecule has 3 rings (SSSR count). The topological polar surface area (TPSA) is 77.2 Å². The lowest BCUT2D eigenvalue weighted by Gasteiger charge is -2.52. The van der Waals surface area contributed by atoms with Crippen LogP contribution in [0.15, 0.2) is 47.4 Å². The van der Waals surface area contributed by atoms with Crippen molar-refractivity contribution in [2.45, 2.75) is 29.4 Å². The van der Waals surface area contributed by atoms with Crippen LogP contribution in [0.4, 0.5) is 8.78 Å². The van der Waals surface area contributed by atoms with Crippen molar-refractivity contribution in [1.29, 1.82) is 0 Å². The van der Waals surface area contributed by atoms with Crippen molar-refractivity contribution in [2.75, 3.05) is 0 Å². The van der Waals surface area contributed by atoms with Crippen LogP contribution in [0.3, 0.4) is 0 Å². The molecular formula is C18H16ClF2NO3S. The lowest BCUT2D eigenvalue weighted by Crippen LogP contribution is -2.58. The molecular weight excluding hydrogens is 384 g/mol. The van der Waals surface area contributed by atoms with Gasteiger partial charge in [0.05, 0.1) is 4.90 Å². The summed E-state index contributed by atoms with van der Waals surface area (Å²) < 4.78 is 53.1. The molecule has 1 amide bonds. The van der Waals surface area contributed by atoms with Gasteiger partial charge < -0.3 is 5.73 Å². The van der Waals surface area contributed by atoms with Gasteiger partial charge in [-0.2, -0.15) is 0 Å². The van der Waals surface area contributed by atoms with Gasteiger partial charge in [0, 0.05) is 16.0 Å². The molecule has 0 spiro atoms. The van der Waals surface area contributed by atoms with E-state index < -0.39 is 37.5 Å². The lowest BCUT2D eigenvalue weighted by molar-refractivity contribution is -0.133. The predicted octanol–water partition coefficient (Wildman–Crippen LogP) is 3.57. The van der Waals surface area contributed by atoms with Crippen molar-refractivity contribution >= 4 is 27.3 Å². The van der Waals surface area contributed by atoms with Crippen molar-refractivity contribution in [1.82, 2.24) is 0 Å². The Bertz CT molecular complexity index is 984. The minimum atomic E-state index is -4.15. The lowest BCUT2D eigenvalue weighted by atomic mass is 9.59. The van der Waals surface area contributed by atoms with E-state index in [0.29, 0.717) is 5.02 Å². The molecule has 0 aromatic heterocycles. The van der Waals surface area contributed by atoms with Crippen molar-refractivity contribution in [3.63, 3.8) is 0 Å². The molecule has 138 valence electrons. The van der Waals surface area contributed by atoms with Gasteiger partial charge in [-0.25, -0.2) is 17.2 Å². The average Bonchev–Trinajstić information content (AvgIpc) is 2.54. The normalized spacial score (nSPS) is 25.5. The summed E-state index contributed by atoms with van der Waals surface area (Å²) in [5.74, 6) is -2.30. The zero-order chi connectivity index (χ0) is 19.3. The summed E-state index contributed by atoms with van der Waals surface area (Å²) in [4.78, 5) is 11.6. The Morgan fingerprint density at radius 1 is 1.12 bits per heavy atom. The fourth-order valence-electron chi connectivity index (χ4n) is 3.59. The van der Waals surface area contributed by atoms with Crippen LogP contribution in [-0.4, -0.2) is 14.3 Å². The second-order valence-electron chi connectivity index (χ2n) is 6.85. The summed E-state index contributed by atoms with van der Waals surface area (Å²) in [5.41, 5.74) is 3.96. The zero-order valence-corrected chi connectivity index (χ0v) is 15.4. The van der Waals surface area contributed by atoms with E-state index >= 15 is 0 Å². The summed E-state index contributed by atoms with van der Waals surface area (Å²) in [6, 6.07) is 8.06. The summed E-state index contributed by atoms with van der Waals surface area (Å²) in [6.07, 6.45) is -0.471. The number of hydrogen-bond donors (Lipinski definition) is 1. The zero-order valence-electron chi connectivity index (χ0n) is 13.8. The Hall–Kier alpha value is -1.99. The number of amides is 1. The van der Waals surface area contributed by atoms with Crippen molar-refractivity contribution in [3.05, 3.63) is 64.7 Å². The minimum Gasteiger partial charge on any atom is -0.369 e. The van der Waals surface area contributed by atoms with Crippen molar-refractivity contribution in [2.24, 2.45) is 11.1 Å². The monoisotopic (exact) mass is 399 g/mol. The SMILES string of the molecule is CC1(C(N)=O)CC(c2cc(F)ccc2F)(S(=O)(=O)c2ccc(Cl)cc2)C1. The van der Waals surface area contributed by atoms with Gasteiger partial charge >= 0.3 is 0 Å². The molecule has 0 atom stereocenters. The van der Waals surface area contributed by atoms with Crippen LogP contribution < -0.4 is 5.73 Å². The smallest absolute Gasteiger partial charge is 0.223 e. The molecule has 1 aliphatic rings. The van der Waals surface area contributed by atoms with Gasteiger partial charge in [-0.15, -0.1) is 0 Å². The number of primary amides is 1. The number of benzene rings is 2. The summed E-state index contributed by atoms with van der Waals surface area (Å²) in [6.45, 7) is 1.52. The summed E-state index contributed by atoms with van der Waals surface area (Å²) in [5, 5.41) is 0.338. The van der Waals surface area contributed by atoms with Crippen molar-refractivity contribution < 1.29 is 22.0 Å². The molecule has 1 fully saturated rings. The molecule has 0 radical (unpaired) electrons. The first-order valence-electron chi connectivity index (χ1n) is 7.77. The van der Waals surface area contributed by atoms with Gasteiger partial charge in [-0.3, -0.25) is 4.79 Å². The maximum Gasteiger partial charge on any atom is 0.223 e. The quantitative estimate of drug-likeness (QED) is 0.853. The van der Waals surface area contributed by atoms with Gasteiger partial charge in [0.15, 0.2) is 9.84 Å². The predicted molar refractivity (Wildman–Crippen MR) is 93.2 cm³/mol. The van der Waals surface area contributed by atoms with Crippen molar-refractivity contribution in [3.8, 4) is 0 Å². The third kappa shape index (κ3) is 2.70. The molecule has 2 aromatic carbocycles. The average molecular weight is 400 g/mol. The number of nitrogens with two attached hydrogens (primary N) is 1. The standard InChI is InChI=1S/C18H16ClF2NO3S/c1-17(16(22)23)9-18(10-17,14-8-12(20)4-7-15(14)21)26(24,25)13-5-2-11(19)3-6-13/h2-8H,9-10H2,1H3,(H2,22,23). The second kappa shape index (κ2) is 6.03. The van der Waals surface area contributed by atoms with E-state index in [1.165, 1.54) is 31.2 Å². The molecule has 1 aliphatic carbocycles. The molecule has 2 N–H and O–H groups in total. The van der Waals surface area contributed by atoms with E-state index in [0.717, 1.165) is 18.2 Å². The Morgan fingerprint density at radius 2 is 1.69 bits per heavy atom. The fraction of sp³-hybridized carbons (Fsp3) is 0.278. The van der Waals surface area contributed by atoms with Crippen LogP contribution in [0.5, 0.6) is 0 Å². The first kappa shape index (κ1) is 18.8. The van der Waals surface area contributed by atoms with Crippen LogP contribution in [0.1, 0.15) is 25.3 Å². The highest BCUT2D eigenvalue weighted by Gasteiger charge is 2.64. The van der Waals surface area contributed by atoms with Gasteiger partial charge in [0.25, 0.3) is 0 Å². The summed E-state index contributed by atoms with van der Waals surface area (Å²) in [7, 11) is -4.15. The molecule has 0 unspecified atom stereocenters. The van der Waals surface area contributed by atoms with Gasteiger partial charge in [0.2, 0.25) is 5.91 Å². The second-order valence-corrected chi connectivity index (χ2v) is 9.55. The molecule has 2 aromatic rings. The van der Waals surface area contributed by atoms with Crippen LogP contribution in [0.2, 0.25) is 5.02 Å². The number of halogens is 3. The third-order valence-electron chi connectivity index (χ3n) is 5.00. The number of carbonyl (C=O) groups excluding carboxylic acids is 1. The Morgan fingerprint density at radius 3 is 2.23 bits per heavy atom. The number of rotatable bonds is 4. The molecule has 0 aliphatic heterocycles. The van der Waals surface area contributed by atoms with E-state index in [-0.39, 0.29) is 23.3 Å². The summed E-state index contributed by atoms with van der Waals surface area (Å²) >= 11 is 5.81. The van der Waals surface area contributed by atoms with Crippen LogP contribution in [-0.2, 0) is 19.4 Å². The maximum atomic E-state index is 14.5. The highest BCUT2D eigenvalue weighted by molar-refractivity contribution is 7.92. The van der Waals surface area contributed by atoms with Crippen LogP contribution >= 0.6 is 11.6 Å². The number of hydrogen-bond acceptors (Lipinski definition) is 3. The van der Waals surface area contributed by atoms with E-state index in [1.54, 1.807) is 0 Å². The van der Waals surface area contributed by atoms with Gasteiger partial charge in [0.1, 0.15) is 16.4 Å². The van der Waals surface area contributed by atoms with E-state index in [2.05, 4.69) is 0 Å². The molecule has 26 heavy (non-hydrogen) atoms. The first-order valence-corrected chi connectivity index (χ1v) is 9.64. The van der Waals surface area contributed by atoms with Gasteiger partial charge in [-0.05, 0) is 55.3 Å². The van der Waals surface area contributed by atoms with Crippen LogP contribution in [0, 0.1) is 17.0 Å². The van der Waals surface area contributed by atoms with E-state index in [1.807, 2.05) is 0 Å². The molecule has 0 bridgehead atoms. The van der Waals surface area contributed by atoms with E-state index in [4.69, 9.17) is 17.3 Å². The molecule has 4 nitrogen and oxygen atoms in total. The molecule has 1 saturated carbocycles. The Balaban J connectivity index is 2.22. The number of carbonyl (C=O) groups is 1. The largest absolute Gasteiger partial charge is 0.369 e. The molecule has 0 heterocycles. The minimum absolute atomic E-state index is 0.0860. The fourth-order valence-corrected chi connectivity index (χ4v) is 6.13. The number of sulfone groups is 1. The highest BCUT2D eigenvalue weighted by Crippen LogP contribution is 2.60. The van der Waals surface area contributed by atoms with E-state index in [9.17, 15) is 22.0 Å². The maximum absolute atomic E-state index is 14.5. The first-order chi connectivity index (χ1) is 12.0. The molecule has 0 saturated heterocycles.